The summed E-state index contributed by atoms with van der Waals surface area (Å²) in [6, 6.07) is 0. The molecule has 0 atom stereocenters. The van der Waals surface area contributed by atoms with Crippen LogP contribution in [-0.4, -0.2) is 43.9 Å². The van der Waals surface area contributed by atoms with Crippen LogP contribution >= 0.6 is 0 Å². The van der Waals surface area contributed by atoms with Gasteiger partial charge in [0.05, 0.1) is 6.61 Å². The summed E-state index contributed by atoms with van der Waals surface area (Å²) in [7, 11) is 1.62. The van der Waals surface area contributed by atoms with Crippen LogP contribution < -0.4 is 11.1 Å². The van der Waals surface area contributed by atoms with Crippen LogP contribution in [0, 0.1) is 0 Å². The van der Waals surface area contributed by atoms with Crippen molar-refractivity contribution in [3.05, 3.63) is 36.2 Å². The standard InChI is InChI=1S/C15H25N3O4/c1-12(13(2)16)7-5-8-17-11-22-15(20)18(4)9-6-10-21-14(3)19/h5,7-8,17H,2,6,9-11,16H2,1,3-4H3. The summed E-state index contributed by atoms with van der Waals surface area (Å²) in [6.45, 7) is 7.58. The normalized spacial score (nSPS) is 11.1. The smallest absolute Gasteiger partial charge is 0.411 e. The Balaban J connectivity index is 3.80. The first kappa shape index (κ1) is 19.6. The first-order valence-corrected chi connectivity index (χ1v) is 6.87. The summed E-state index contributed by atoms with van der Waals surface area (Å²) in [5, 5.41) is 2.81. The van der Waals surface area contributed by atoms with Gasteiger partial charge in [0, 0.05) is 26.2 Å². The number of amides is 1. The zero-order valence-electron chi connectivity index (χ0n) is 13.4. The summed E-state index contributed by atoms with van der Waals surface area (Å²) in [5.74, 6) is -0.330. The van der Waals surface area contributed by atoms with Gasteiger partial charge in [-0.25, -0.2) is 4.79 Å². The number of esters is 1. The Morgan fingerprint density at radius 2 is 2.00 bits per heavy atom. The zero-order valence-corrected chi connectivity index (χ0v) is 13.4. The maximum absolute atomic E-state index is 11.6. The fraction of sp³-hybridized carbons (Fsp3) is 0.467. The molecular weight excluding hydrogens is 286 g/mol. The maximum Gasteiger partial charge on any atom is 0.411 e. The van der Waals surface area contributed by atoms with Gasteiger partial charge in [-0.1, -0.05) is 12.7 Å². The molecule has 0 aromatic rings. The molecule has 0 aromatic heterocycles. The van der Waals surface area contributed by atoms with E-state index in [2.05, 4.69) is 11.9 Å². The van der Waals surface area contributed by atoms with Crippen molar-refractivity contribution in [1.82, 2.24) is 10.2 Å². The number of nitrogens with zero attached hydrogens (tertiary/aromatic N) is 1. The summed E-state index contributed by atoms with van der Waals surface area (Å²) in [6.07, 6.45) is 5.28. The third-order valence-corrected chi connectivity index (χ3v) is 2.60. The Kier molecular flexibility index (Phi) is 10.00. The average Bonchev–Trinajstić information content (AvgIpc) is 2.45. The van der Waals surface area contributed by atoms with Gasteiger partial charge in [0.1, 0.15) is 0 Å². The van der Waals surface area contributed by atoms with Crippen LogP contribution in [-0.2, 0) is 14.3 Å². The molecule has 0 unspecified atom stereocenters. The lowest BCUT2D eigenvalue weighted by atomic mass is 10.2. The lowest BCUT2D eigenvalue weighted by Crippen LogP contribution is -2.31. The average molecular weight is 311 g/mol. The number of allylic oxidation sites excluding steroid dienone is 3. The first-order chi connectivity index (χ1) is 10.3. The van der Waals surface area contributed by atoms with Crippen LogP contribution in [0.5, 0.6) is 0 Å². The van der Waals surface area contributed by atoms with Gasteiger partial charge in [0.15, 0.2) is 6.73 Å². The van der Waals surface area contributed by atoms with Crippen LogP contribution in [0.3, 0.4) is 0 Å². The summed E-state index contributed by atoms with van der Waals surface area (Å²) in [5.41, 5.74) is 6.87. The van der Waals surface area contributed by atoms with E-state index in [0.717, 1.165) is 5.57 Å². The molecule has 0 aliphatic heterocycles. The van der Waals surface area contributed by atoms with Gasteiger partial charge in [-0.15, -0.1) is 0 Å². The molecule has 7 heteroatoms. The largest absolute Gasteiger partial charge is 0.466 e. The van der Waals surface area contributed by atoms with Crippen molar-refractivity contribution in [2.75, 3.05) is 26.9 Å². The van der Waals surface area contributed by atoms with Crippen LogP contribution in [0.2, 0.25) is 0 Å². The molecule has 0 saturated carbocycles. The number of ether oxygens (including phenoxy) is 2. The van der Waals surface area contributed by atoms with Crippen molar-refractivity contribution in [2.24, 2.45) is 5.73 Å². The molecule has 0 rings (SSSR count). The Labute approximate surface area is 131 Å². The number of carbonyl (C=O) groups is 2. The number of hydrogen-bond acceptors (Lipinski definition) is 6. The van der Waals surface area contributed by atoms with Gasteiger partial charge in [-0.05, 0) is 31.2 Å². The molecule has 0 aliphatic carbocycles. The molecule has 7 nitrogen and oxygen atoms in total. The predicted octanol–water partition coefficient (Wildman–Crippen LogP) is 1.49. The minimum Gasteiger partial charge on any atom is -0.466 e. The second kappa shape index (κ2) is 11.2. The van der Waals surface area contributed by atoms with Crippen LogP contribution in [0.1, 0.15) is 20.3 Å². The molecule has 0 aliphatic rings. The van der Waals surface area contributed by atoms with E-state index < -0.39 is 6.09 Å². The second-order valence-corrected chi connectivity index (χ2v) is 4.61. The molecule has 0 fully saturated rings. The van der Waals surface area contributed by atoms with Gasteiger partial charge < -0.3 is 25.4 Å². The van der Waals surface area contributed by atoms with Crippen molar-refractivity contribution in [3.63, 3.8) is 0 Å². The summed E-state index contributed by atoms with van der Waals surface area (Å²) in [4.78, 5) is 23.6. The molecule has 124 valence electrons. The Hall–Kier alpha value is -2.44. The molecular formula is C15H25N3O4. The second-order valence-electron chi connectivity index (χ2n) is 4.61. The van der Waals surface area contributed by atoms with Crippen LogP contribution in [0.25, 0.3) is 0 Å². The number of nitrogens with two attached hydrogens (primary N) is 1. The number of nitrogens with one attached hydrogen (secondary N) is 1. The number of hydrogen-bond donors (Lipinski definition) is 2. The monoisotopic (exact) mass is 311 g/mol. The van der Waals surface area contributed by atoms with Crippen molar-refractivity contribution < 1.29 is 19.1 Å². The molecule has 0 spiro atoms. The lowest BCUT2D eigenvalue weighted by Gasteiger charge is -2.16. The van der Waals surface area contributed by atoms with Gasteiger partial charge >= 0.3 is 12.1 Å². The van der Waals surface area contributed by atoms with E-state index in [1.165, 1.54) is 11.8 Å². The van der Waals surface area contributed by atoms with Crippen molar-refractivity contribution >= 4 is 12.1 Å². The topological polar surface area (TPSA) is 93.9 Å². The third-order valence-electron chi connectivity index (χ3n) is 2.60. The summed E-state index contributed by atoms with van der Waals surface area (Å²) < 4.78 is 9.76. The quantitative estimate of drug-likeness (QED) is 0.290. The zero-order chi connectivity index (χ0) is 17.0. The summed E-state index contributed by atoms with van der Waals surface area (Å²) >= 11 is 0. The van der Waals surface area contributed by atoms with Gasteiger partial charge in [-0.3, -0.25) is 4.79 Å². The third kappa shape index (κ3) is 10.4. The van der Waals surface area contributed by atoms with Crippen LogP contribution in [0.4, 0.5) is 4.79 Å². The number of carbonyl (C=O) groups excluding carboxylic acids is 2. The highest BCUT2D eigenvalue weighted by Crippen LogP contribution is 1.98. The fourth-order valence-electron chi connectivity index (χ4n) is 1.24. The molecule has 0 heterocycles. The SMILES string of the molecule is C=C(N)C(C)=CC=CNCOC(=O)N(C)CCCOC(C)=O. The maximum atomic E-state index is 11.6. The molecule has 0 bridgehead atoms. The fourth-order valence-corrected chi connectivity index (χ4v) is 1.24. The number of rotatable bonds is 9. The molecule has 1 amide bonds. The van der Waals surface area contributed by atoms with Crippen LogP contribution in [0.15, 0.2) is 36.2 Å². The lowest BCUT2D eigenvalue weighted by molar-refractivity contribution is -0.141. The van der Waals surface area contributed by atoms with E-state index in [-0.39, 0.29) is 19.3 Å². The molecule has 0 radical (unpaired) electrons. The highest BCUT2D eigenvalue weighted by atomic mass is 16.6. The minimum absolute atomic E-state index is 0.0556. The molecule has 0 saturated heterocycles. The van der Waals surface area contributed by atoms with Crippen molar-refractivity contribution in [2.45, 2.75) is 20.3 Å². The Morgan fingerprint density at radius 3 is 2.59 bits per heavy atom. The van der Waals surface area contributed by atoms with Crippen molar-refractivity contribution in [1.29, 1.82) is 0 Å². The van der Waals surface area contributed by atoms with E-state index in [1.54, 1.807) is 25.4 Å². The highest BCUT2D eigenvalue weighted by molar-refractivity contribution is 5.67. The van der Waals surface area contributed by atoms with Gasteiger partial charge in [0.25, 0.3) is 0 Å². The van der Waals surface area contributed by atoms with E-state index >= 15 is 0 Å². The molecule has 22 heavy (non-hydrogen) atoms. The first-order valence-electron chi connectivity index (χ1n) is 6.87. The molecule has 0 aromatic carbocycles. The van der Waals surface area contributed by atoms with Gasteiger partial charge in [-0.2, -0.15) is 0 Å². The van der Waals surface area contributed by atoms with E-state index in [1.807, 2.05) is 6.92 Å². The molecule has 3 N–H and O–H groups in total. The van der Waals surface area contributed by atoms with E-state index in [0.29, 0.717) is 18.7 Å². The Morgan fingerprint density at radius 1 is 1.32 bits per heavy atom. The van der Waals surface area contributed by atoms with E-state index in [9.17, 15) is 9.59 Å². The van der Waals surface area contributed by atoms with E-state index in [4.69, 9.17) is 15.2 Å². The minimum atomic E-state index is -0.453. The van der Waals surface area contributed by atoms with Crippen molar-refractivity contribution in [3.8, 4) is 0 Å². The predicted molar refractivity (Wildman–Crippen MR) is 84.6 cm³/mol. The van der Waals surface area contributed by atoms with Gasteiger partial charge in [0.2, 0.25) is 0 Å². The highest BCUT2D eigenvalue weighted by Gasteiger charge is 2.08. The Bertz CT molecular complexity index is 444.